The predicted molar refractivity (Wildman–Crippen MR) is 84.1 cm³/mol. The summed E-state index contributed by atoms with van der Waals surface area (Å²) in [6, 6.07) is 12.9. The molecule has 0 spiro atoms. The normalized spacial score (nSPS) is 13.6. The summed E-state index contributed by atoms with van der Waals surface area (Å²) in [6.45, 7) is 4.07. The van der Waals surface area contributed by atoms with E-state index < -0.39 is 0 Å². The van der Waals surface area contributed by atoms with Gasteiger partial charge in [-0.2, -0.15) is 0 Å². The molecule has 104 valence electrons. The third kappa shape index (κ3) is 2.66. The Labute approximate surface area is 125 Å². The topological polar surface area (TPSA) is 16.1 Å². The van der Waals surface area contributed by atoms with Crippen molar-refractivity contribution in [1.82, 2.24) is 4.98 Å². The minimum Gasteiger partial charge on any atom is -0.348 e. The van der Waals surface area contributed by atoms with Gasteiger partial charge in [-0.15, -0.1) is 11.6 Å². The summed E-state index contributed by atoms with van der Waals surface area (Å²) in [4.78, 5) is 7.14. The van der Waals surface area contributed by atoms with E-state index in [1.165, 1.54) is 11.1 Å². The van der Waals surface area contributed by atoms with Crippen molar-refractivity contribution in [3.05, 3.63) is 58.8 Å². The lowest BCUT2D eigenvalue weighted by Gasteiger charge is -2.18. The highest BCUT2D eigenvalue weighted by molar-refractivity contribution is 6.17. The summed E-state index contributed by atoms with van der Waals surface area (Å²) in [7, 11) is 0. The molecular formula is C17H19ClN2. The lowest BCUT2D eigenvalue weighted by molar-refractivity contribution is 0.824. The molecule has 3 heteroatoms. The summed E-state index contributed by atoms with van der Waals surface area (Å²) in [5.41, 5.74) is 5.12. The van der Waals surface area contributed by atoms with Crippen LogP contribution in [0, 0.1) is 0 Å². The highest BCUT2D eigenvalue weighted by atomic mass is 35.5. The van der Waals surface area contributed by atoms with Crippen LogP contribution in [0.3, 0.4) is 0 Å². The van der Waals surface area contributed by atoms with Gasteiger partial charge >= 0.3 is 0 Å². The van der Waals surface area contributed by atoms with Gasteiger partial charge in [-0.05, 0) is 35.2 Å². The van der Waals surface area contributed by atoms with Crippen LogP contribution in [-0.4, -0.2) is 4.98 Å². The monoisotopic (exact) mass is 286 g/mol. The summed E-state index contributed by atoms with van der Waals surface area (Å²) >= 11 is 6.02. The smallest absolute Gasteiger partial charge is 0.129 e. The largest absolute Gasteiger partial charge is 0.348 e. The number of halogens is 1. The number of anilines is 1. The van der Waals surface area contributed by atoms with Crippen LogP contribution < -0.4 is 4.90 Å². The maximum Gasteiger partial charge on any atom is 0.129 e. The first-order valence-electron chi connectivity index (χ1n) is 7.17. The summed E-state index contributed by atoms with van der Waals surface area (Å²) in [6.07, 6.45) is 2.12. The first-order valence-corrected chi connectivity index (χ1v) is 7.71. The van der Waals surface area contributed by atoms with Crippen LogP contribution in [0.5, 0.6) is 0 Å². The molecule has 1 aromatic heterocycles. The molecule has 1 aliphatic heterocycles. The number of hydrogen-bond acceptors (Lipinski definition) is 2. The Kier molecular flexibility index (Phi) is 3.93. The third-order valence-electron chi connectivity index (χ3n) is 3.75. The summed E-state index contributed by atoms with van der Waals surface area (Å²) in [5, 5.41) is 0. The first-order chi connectivity index (χ1) is 9.80. The first kappa shape index (κ1) is 13.4. The summed E-state index contributed by atoms with van der Waals surface area (Å²) < 4.78 is 0. The number of rotatable bonds is 4. The van der Waals surface area contributed by atoms with E-state index in [0.717, 1.165) is 43.0 Å². The fraction of sp³-hybridized carbons (Fsp3) is 0.353. The summed E-state index contributed by atoms with van der Waals surface area (Å²) in [5.74, 6) is 1.61. The molecule has 0 aliphatic carbocycles. The lowest BCUT2D eigenvalue weighted by atomic mass is 10.1. The van der Waals surface area contributed by atoms with Crippen LogP contribution in [0.1, 0.15) is 35.7 Å². The van der Waals surface area contributed by atoms with Crippen molar-refractivity contribution in [2.24, 2.45) is 0 Å². The number of fused-ring (bicyclic) bond motifs is 1. The van der Waals surface area contributed by atoms with Gasteiger partial charge in [0, 0.05) is 24.7 Å². The molecular weight excluding hydrogens is 268 g/mol. The highest BCUT2D eigenvalue weighted by Gasteiger charge is 2.20. The highest BCUT2D eigenvalue weighted by Crippen LogP contribution is 2.28. The molecule has 0 atom stereocenters. The van der Waals surface area contributed by atoms with Gasteiger partial charge in [-0.25, -0.2) is 4.98 Å². The molecule has 0 bridgehead atoms. The number of aromatic nitrogens is 1. The van der Waals surface area contributed by atoms with Crippen molar-refractivity contribution in [2.75, 3.05) is 4.90 Å². The SMILES string of the molecule is CCCc1cc(CCl)cc(N2Cc3ccccc3C2)n1. The maximum absolute atomic E-state index is 6.02. The number of pyridine rings is 1. The number of hydrogen-bond donors (Lipinski definition) is 0. The second kappa shape index (κ2) is 5.84. The van der Waals surface area contributed by atoms with Crippen LogP contribution >= 0.6 is 11.6 Å². The van der Waals surface area contributed by atoms with Gasteiger partial charge in [0.15, 0.2) is 0 Å². The molecule has 0 N–H and O–H groups in total. The molecule has 1 aliphatic rings. The van der Waals surface area contributed by atoms with Crippen molar-refractivity contribution in [3.8, 4) is 0 Å². The second-order valence-electron chi connectivity index (χ2n) is 5.33. The molecule has 2 aromatic rings. The predicted octanol–water partition coefficient (Wildman–Crippen LogP) is 4.29. The molecule has 3 rings (SSSR count). The molecule has 20 heavy (non-hydrogen) atoms. The molecule has 0 fully saturated rings. The van der Waals surface area contributed by atoms with Crippen LogP contribution in [0.25, 0.3) is 0 Å². The van der Waals surface area contributed by atoms with Gasteiger partial charge in [-0.3, -0.25) is 0 Å². The van der Waals surface area contributed by atoms with Crippen molar-refractivity contribution >= 4 is 17.4 Å². The van der Waals surface area contributed by atoms with E-state index in [0.29, 0.717) is 5.88 Å². The molecule has 0 saturated carbocycles. The lowest BCUT2D eigenvalue weighted by Crippen LogP contribution is -2.17. The van der Waals surface area contributed by atoms with E-state index in [4.69, 9.17) is 16.6 Å². The fourth-order valence-corrected chi connectivity index (χ4v) is 2.91. The maximum atomic E-state index is 6.02. The average Bonchev–Trinajstić information content (AvgIpc) is 2.91. The Hall–Kier alpha value is -1.54. The number of aryl methyl sites for hydroxylation is 1. The second-order valence-corrected chi connectivity index (χ2v) is 5.60. The molecule has 0 unspecified atom stereocenters. The quantitative estimate of drug-likeness (QED) is 0.779. The van der Waals surface area contributed by atoms with Crippen molar-refractivity contribution in [3.63, 3.8) is 0 Å². The Bertz CT molecular complexity index is 585. The average molecular weight is 287 g/mol. The van der Waals surface area contributed by atoms with Crippen LogP contribution in [0.2, 0.25) is 0 Å². The molecule has 2 nitrogen and oxygen atoms in total. The van der Waals surface area contributed by atoms with Crippen LogP contribution in [-0.2, 0) is 25.4 Å². The minimum atomic E-state index is 0.549. The zero-order valence-electron chi connectivity index (χ0n) is 11.8. The standard InChI is InChI=1S/C17H19ClN2/c1-2-5-16-8-13(10-18)9-17(19-16)20-11-14-6-3-4-7-15(14)12-20/h3-4,6-9H,2,5,10-12H2,1H3. The van der Waals surface area contributed by atoms with Crippen LogP contribution in [0.15, 0.2) is 36.4 Å². The third-order valence-corrected chi connectivity index (χ3v) is 4.06. The molecule has 0 saturated heterocycles. The van der Waals surface area contributed by atoms with E-state index in [2.05, 4.69) is 48.2 Å². The zero-order valence-corrected chi connectivity index (χ0v) is 12.5. The molecule has 2 heterocycles. The van der Waals surface area contributed by atoms with Gasteiger partial charge in [-0.1, -0.05) is 37.6 Å². The number of alkyl halides is 1. The van der Waals surface area contributed by atoms with Gasteiger partial charge < -0.3 is 4.90 Å². The Morgan fingerprint density at radius 1 is 1.15 bits per heavy atom. The van der Waals surface area contributed by atoms with Crippen molar-refractivity contribution < 1.29 is 0 Å². The van der Waals surface area contributed by atoms with E-state index in [-0.39, 0.29) is 0 Å². The Morgan fingerprint density at radius 3 is 2.45 bits per heavy atom. The van der Waals surface area contributed by atoms with Gasteiger partial charge in [0.05, 0.1) is 0 Å². The molecule has 0 amide bonds. The van der Waals surface area contributed by atoms with E-state index in [1.54, 1.807) is 0 Å². The number of nitrogens with zero attached hydrogens (tertiary/aromatic N) is 2. The molecule has 1 aromatic carbocycles. The van der Waals surface area contributed by atoms with Crippen LogP contribution in [0.4, 0.5) is 5.82 Å². The van der Waals surface area contributed by atoms with E-state index in [1.807, 2.05) is 0 Å². The minimum absolute atomic E-state index is 0.549. The molecule has 0 radical (unpaired) electrons. The van der Waals surface area contributed by atoms with Gasteiger partial charge in [0.1, 0.15) is 5.82 Å². The van der Waals surface area contributed by atoms with E-state index >= 15 is 0 Å². The number of benzene rings is 1. The zero-order chi connectivity index (χ0) is 13.9. The Balaban J connectivity index is 1.89. The fourth-order valence-electron chi connectivity index (χ4n) is 2.75. The van der Waals surface area contributed by atoms with Gasteiger partial charge in [0.25, 0.3) is 0 Å². The van der Waals surface area contributed by atoms with Gasteiger partial charge in [0.2, 0.25) is 0 Å². The Morgan fingerprint density at radius 2 is 1.85 bits per heavy atom. The van der Waals surface area contributed by atoms with Crippen molar-refractivity contribution in [2.45, 2.75) is 38.7 Å². The van der Waals surface area contributed by atoms with Crippen molar-refractivity contribution in [1.29, 1.82) is 0 Å². The van der Waals surface area contributed by atoms with E-state index in [9.17, 15) is 0 Å².